The molecule has 7 nitrogen and oxygen atoms in total. The van der Waals surface area contributed by atoms with E-state index in [0.717, 1.165) is 4.68 Å². The number of aromatic nitrogens is 2. The minimum atomic E-state index is -0.357. The Morgan fingerprint density at radius 2 is 2.33 bits per heavy atom. The number of halogens is 1. The highest BCUT2D eigenvalue weighted by molar-refractivity contribution is 9.10. The summed E-state index contributed by atoms with van der Waals surface area (Å²) in [6, 6.07) is 0. The second-order valence-electron chi connectivity index (χ2n) is 3.43. The molecule has 1 aromatic rings. The number of amides is 1. The largest absolute Gasteiger partial charge is 0.394 e. The molecule has 0 unspecified atom stereocenters. The van der Waals surface area contributed by atoms with Gasteiger partial charge in [-0.1, -0.05) is 0 Å². The van der Waals surface area contributed by atoms with E-state index in [1.165, 1.54) is 6.20 Å². The molecular formula is C10H15BrN4O3. The van der Waals surface area contributed by atoms with Gasteiger partial charge in [0.05, 0.1) is 31.6 Å². The van der Waals surface area contributed by atoms with Crippen molar-refractivity contribution < 1.29 is 9.90 Å². The molecule has 1 amide bonds. The maximum atomic E-state index is 11.8. The van der Waals surface area contributed by atoms with Crippen LogP contribution in [0.15, 0.2) is 15.5 Å². The SMILES string of the molecule is CCNC(=O)CNc1cnn(CCO)c(=O)c1Br. The van der Waals surface area contributed by atoms with Crippen LogP contribution in [0.5, 0.6) is 0 Å². The molecule has 18 heavy (non-hydrogen) atoms. The van der Waals surface area contributed by atoms with Gasteiger partial charge in [-0.25, -0.2) is 4.68 Å². The average Bonchev–Trinajstić information content (AvgIpc) is 2.35. The third kappa shape index (κ3) is 3.81. The molecule has 0 aliphatic heterocycles. The van der Waals surface area contributed by atoms with Gasteiger partial charge in [0, 0.05) is 6.54 Å². The van der Waals surface area contributed by atoms with Gasteiger partial charge in [0.25, 0.3) is 5.56 Å². The molecule has 0 saturated carbocycles. The molecule has 0 aliphatic rings. The number of carbonyl (C=O) groups is 1. The molecule has 1 aromatic heterocycles. The third-order valence-corrected chi connectivity index (χ3v) is 2.88. The minimum absolute atomic E-state index is 0.0670. The molecule has 100 valence electrons. The summed E-state index contributed by atoms with van der Waals surface area (Å²) in [5.41, 5.74) is 0.0883. The number of nitrogens with zero attached hydrogens (tertiary/aromatic N) is 2. The number of aliphatic hydroxyl groups is 1. The first-order valence-corrected chi connectivity index (χ1v) is 6.26. The van der Waals surface area contributed by atoms with Crippen LogP contribution < -0.4 is 16.2 Å². The fourth-order valence-corrected chi connectivity index (χ4v) is 1.72. The Bertz CT molecular complexity index is 475. The van der Waals surface area contributed by atoms with Crippen molar-refractivity contribution in [2.24, 2.45) is 0 Å². The lowest BCUT2D eigenvalue weighted by Crippen LogP contribution is -2.31. The van der Waals surface area contributed by atoms with Gasteiger partial charge >= 0.3 is 0 Å². The Hall–Kier alpha value is -1.41. The summed E-state index contributed by atoms with van der Waals surface area (Å²) in [5, 5.41) is 18.1. The Labute approximate surface area is 112 Å². The van der Waals surface area contributed by atoms with Crippen molar-refractivity contribution in [2.75, 3.05) is 25.0 Å². The standard InChI is InChI=1S/C10H15BrN4O3/c1-2-12-8(17)6-13-7-5-14-15(3-4-16)10(18)9(7)11/h5,13,16H,2-4,6H2,1H3,(H,12,17). The van der Waals surface area contributed by atoms with E-state index in [2.05, 4.69) is 31.7 Å². The van der Waals surface area contributed by atoms with Crippen molar-refractivity contribution in [1.82, 2.24) is 15.1 Å². The highest BCUT2D eigenvalue weighted by Crippen LogP contribution is 2.15. The van der Waals surface area contributed by atoms with E-state index in [-0.39, 0.29) is 35.6 Å². The van der Waals surface area contributed by atoms with Gasteiger partial charge < -0.3 is 15.7 Å². The Morgan fingerprint density at radius 1 is 1.61 bits per heavy atom. The zero-order valence-electron chi connectivity index (χ0n) is 9.94. The zero-order valence-corrected chi connectivity index (χ0v) is 11.5. The molecule has 1 heterocycles. The molecule has 0 aliphatic carbocycles. The van der Waals surface area contributed by atoms with Crippen LogP contribution in [0.4, 0.5) is 5.69 Å². The summed E-state index contributed by atoms with van der Waals surface area (Å²) in [4.78, 5) is 23.0. The molecule has 3 N–H and O–H groups in total. The van der Waals surface area contributed by atoms with Crippen LogP contribution in [-0.2, 0) is 11.3 Å². The number of aliphatic hydroxyl groups excluding tert-OH is 1. The molecular weight excluding hydrogens is 304 g/mol. The van der Waals surface area contributed by atoms with Gasteiger partial charge in [0.2, 0.25) is 5.91 Å². The van der Waals surface area contributed by atoms with Crippen LogP contribution in [0.2, 0.25) is 0 Å². The zero-order chi connectivity index (χ0) is 13.5. The lowest BCUT2D eigenvalue weighted by atomic mass is 10.4. The normalized spacial score (nSPS) is 10.2. The second-order valence-corrected chi connectivity index (χ2v) is 4.22. The van der Waals surface area contributed by atoms with Crippen molar-refractivity contribution in [3.63, 3.8) is 0 Å². The Morgan fingerprint density at radius 3 is 2.94 bits per heavy atom. The Balaban J connectivity index is 2.76. The van der Waals surface area contributed by atoms with Crippen LogP contribution in [0.1, 0.15) is 6.92 Å². The summed E-state index contributed by atoms with van der Waals surface area (Å²) in [6.45, 7) is 2.42. The molecule has 0 aromatic carbocycles. The van der Waals surface area contributed by atoms with E-state index in [0.29, 0.717) is 12.2 Å². The first-order valence-electron chi connectivity index (χ1n) is 5.47. The smallest absolute Gasteiger partial charge is 0.283 e. The van der Waals surface area contributed by atoms with Gasteiger partial charge in [-0.3, -0.25) is 9.59 Å². The van der Waals surface area contributed by atoms with E-state index in [9.17, 15) is 9.59 Å². The summed E-state index contributed by atoms with van der Waals surface area (Å²) in [5.74, 6) is -0.163. The molecule has 0 saturated heterocycles. The van der Waals surface area contributed by atoms with Crippen molar-refractivity contribution >= 4 is 27.5 Å². The molecule has 0 fully saturated rings. The van der Waals surface area contributed by atoms with Gasteiger partial charge in [-0.2, -0.15) is 5.10 Å². The summed E-state index contributed by atoms with van der Waals surface area (Å²) < 4.78 is 1.43. The molecule has 1 rings (SSSR count). The fourth-order valence-electron chi connectivity index (χ4n) is 1.28. The maximum absolute atomic E-state index is 11.8. The van der Waals surface area contributed by atoms with Crippen molar-refractivity contribution in [1.29, 1.82) is 0 Å². The maximum Gasteiger partial charge on any atom is 0.283 e. The number of hydrogen-bond acceptors (Lipinski definition) is 5. The summed E-state index contributed by atoms with van der Waals surface area (Å²) in [7, 11) is 0. The van der Waals surface area contributed by atoms with Gasteiger partial charge in [-0.05, 0) is 22.9 Å². The summed E-state index contributed by atoms with van der Waals surface area (Å²) >= 11 is 3.14. The number of rotatable bonds is 6. The van der Waals surface area contributed by atoms with E-state index in [4.69, 9.17) is 5.11 Å². The van der Waals surface area contributed by atoms with Crippen molar-refractivity contribution in [2.45, 2.75) is 13.5 Å². The number of nitrogens with one attached hydrogen (secondary N) is 2. The lowest BCUT2D eigenvalue weighted by Gasteiger charge is -2.09. The quantitative estimate of drug-likeness (QED) is 0.660. The van der Waals surface area contributed by atoms with Crippen LogP contribution in [0, 0.1) is 0 Å². The van der Waals surface area contributed by atoms with Crippen molar-refractivity contribution in [3.8, 4) is 0 Å². The van der Waals surface area contributed by atoms with E-state index in [1.54, 1.807) is 0 Å². The van der Waals surface area contributed by atoms with E-state index < -0.39 is 0 Å². The number of likely N-dealkylation sites (N-methyl/N-ethyl adjacent to an activating group) is 1. The monoisotopic (exact) mass is 318 g/mol. The molecule has 0 spiro atoms. The van der Waals surface area contributed by atoms with E-state index >= 15 is 0 Å². The van der Waals surface area contributed by atoms with Gasteiger partial charge in [0.15, 0.2) is 0 Å². The van der Waals surface area contributed by atoms with Gasteiger partial charge in [-0.15, -0.1) is 0 Å². The minimum Gasteiger partial charge on any atom is -0.394 e. The highest BCUT2D eigenvalue weighted by Gasteiger charge is 2.09. The van der Waals surface area contributed by atoms with Gasteiger partial charge in [0.1, 0.15) is 4.47 Å². The number of anilines is 1. The molecule has 8 heteroatoms. The van der Waals surface area contributed by atoms with E-state index in [1.807, 2.05) is 6.92 Å². The second kappa shape index (κ2) is 7.12. The molecule has 0 radical (unpaired) electrons. The lowest BCUT2D eigenvalue weighted by molar-refractivity contribution is -0.119. The average molecular weight is 319 g/mol. The van der Waals surface area contributed by atoms with Crippen LogP contribution in [0.3, 0.4) is 0 Å². The fraction of sp³-hybridized carbons (Fsp3) is 0.500. The number of hydrogen-bond donors (Lipinski definition) is 3. The predicted octanol–water partition coefficient (Wildman–Crippen LogP) is -0.454. The van der Waals surface area contributed by atoms with Crippen LogP contribution in [-0.4, -0.2) is 40.5 Å². The number of carbonyl (C=O) groups excluding carboxylic acids is 1. The predicted molar refractivity (Wildman–Crippen MR) is 70.5 cm³/mol. The first-order chi connectivity index (χ1) is 8.60. The van der Waals surface area contributed by atoms with Crippen LogP contribution in [0.25, 0.3) is 0 Å². The topological polar surface area (TPSA) is 96.2 Å². The molecule has 0 bridgehead atoms. The summed E-state index contributed by atoms with van der Waals surface area (Å²) in [6.07, 6.45) is 1.43. The Kier molecular flexibility index (Phi) is 5.79. The third-order valence-electron chi connectivity index (χ3n) is 2.11. The first kappa shape index (κ1) is 14.7. The molecule has 0 atom stereocenters. The van der Waals surface area contributed by atoms with Crippen LogP contribution >= 0.6 is 15.9 Å². The van der Waals surface area contributed by atoms with Crippen molar-refractivity contribution in [3.05, 3.63) is 21.0 Å². The highest BCUT2D eigenvalue weighted by atomic mass is 79.9.